The number of nitrogens with one attached hydrogen (secondary N) is 1. The van der Waals surface area contributed by atoms with E-state index >= 15 is 0 Å². The number of rotatable bonds is 7. The molecule has 0 radical (unpaired) electrons. The van der Waals surface area contributed by atoms with E-state index in [4.69, 9.17) is 16.3 Å². The van der Waals surface area contributed by atoms with Crippen molar-refractivity contribution in [2.75, 3.05) is 18.8 Å². The number of aromatic nitrogens is 2. The molecule has 3 aromatic carbocycles. The molecule has 0 spiro atoms. The second kappa shape index (κ2) is 10.5. The highest BCUT2D eigenvalue weighted by molar-refractivity contribution is 7.92. The molecule has 1 heterocycles. The number of para-hydroxylation sites is 2. The molecule has 0 fully saturated rings. The molecule has 8 nitrogen and oxygen atoms in total. The van der Waals surface area contributed by atoms with Gasteiger partial charge in [-0.05, 0) is 36.4 Å². The highest BCUT2D eigenvalue weighted by Crippen LogP contribution is 2.39. The average Bonchev–Trinajstić information content (AvgIpc) is 2.86. The first-order valence-corrected chi connectivity index (χ1v) is 12.8. The Morgan fingerprint density at radius 1 is 0.947 bits per heavy atom. The topological polar surface area (TPSA) is 101 Å². The van der Waals surface area contributed by atoms with Crippen LogP contribution in [-0.2, 0) is 10.0 Å². The van der Waals surface area contributed by atoms with Crippen molar-refractivity contribution in [1.29, 1.82) is 0 Å². The minimum absolute atomic E-state index is 0.100. The zero-order chi connectivity index (χ0) is 27.7. The first kappa shape index (κ1) is 27.1. The second-order valence-electron chi connectivity index (χ2n) is 8.26. The van der Waals surface area contributed by atoms with Crippen LogP contribution in [0.4, 0.5) is 19.0 Å². The number of benzene rings is 3. The number of carbonyl (C=O) groups is 1. The predicted molar refractivity (Wildman–Crippen MR) is 136 cm³/mol. The summed E-state index contributed by atoms with van der Waals surface area (Å²) in [4.78, 5) is 21.4. The molecule has 0 saturated heterocycles. The molecule has 0 bridgehead atoms. The van der Waals surface area contributed by atoms with E-state index in [1.165, 1.54) is 67.5 Å². The fraction of sp³-hybridized carbons (Fsp3) is 0.160. The normalized spacial score (nSPS) is 12.7. The zero-order valence-corrected chi connectivity index (χ0v) is 21.5. The lowest BCUT2D eigenvalue weighted by atomic mass is 10.1. The second-order valence-corrected chi connectivity index (χ2v) is 10.3. The van der Waals surface area contributed by atoms with Crippen LogP contribution >= 0.6 is 11.6 Å². The zero-order valence-electron chi connectivity index (χ0n) is 19.9. The number of hydrogen-bond donors (Lipinski definition) is 1. The van der Waals surface area contributed by atoms with Gasteiger partial charge in [0.1, 0.15) is 4.90 Å². The van der Waals surface area contributed by atoms with E-state index in [2.05, 4.69) is 14.7 Å². The number of carbonyl (C=O) groups excluding carboxylic acids is 1. The van der Waals surface area contributed by atoms with Crippen LogP contribution in [0.5, 0.6) is 5.88 Å². The smallest absolute Gasteiger partial charge is 0.429 e. The third-order valence-corrected chi connectivity index (χ3v) is 7.13. The molecular formula is C25H20ClF3N4O4S. The summed E-state index contributed by atoms with van der Waals surface area (Å²) in [6.45, 7) is 0. The van der Waals surface area contributed by atoms with Crippen LogP contribution in [0.15, 0.2) is 77.7 Å². The molecule has 38 heavy (non-hydrogen) atoms. The summed E-state index contributed by atoms with van der Waals surface area (Å²) in [7, 11) is -1.35. The fourth-order valence-corrected chi connectivity index (χ4v) is 4.99. The number of sulfonamides is 1. The van der Waals surface area contributed by atoms with Gasteiger partial charge in [-0.2, -0.15) is 13.2 Å². The van der Waals surface area contributed by atoms with Gasteiger partial charge in [0.25, 0.3) is 21.8 Å². The van der Waals surface area contributed by atoms with Crippen LogP contribution in [0.1, 0.15) is 22.0 Å². The van der Waals surface area contributed by atoms with E-state index in [-0.39, 0.29) is 32.1 Å². The summed E-state index contributed by atoms with van der Waals surface area (Å²) in [6.07, 6.45) is -7.48. The Labute approximate surface area is 221 Å². The van der Waals surface area contributed by atoms with Crippen molar-refractivity contribution in [2.45, 2.75) is 17.2 Å². The third kappa shape index (κ3) is 5.81. The summed E-state index contributed by atoms with van der Waals surface area (Å²) >= 11 is 6.03. The molecule has 198 valence electrons. The Kier molecular flexibility index (Phi) is 7.47. The van der Waals surface area contributed by atoms with Crippen molar-refractivity contribution in [2.24, 2.45) is 0 Å². The molecule has 1 amide bonds. The molecule has 0 aliphatic rings. The van der Waals surface area contributed by atoms with Gasteiger partial charge in [0.2, 0.25) is 11.9 Å². The number of nitrogens with zero attached hydrogens (tertiary/aromatic N) is 3. The molecule has 0 aliphatic heterocycles. The lowest BCUT2D eigenvalue weighted by Crippen LogP contribution is -2.27. The highest BCUT2D eigenvalue weighted by Gasteiger charge is 2.44. The van der Waals surface area contributed by atoms with Crippen LogP contribution in [-0.4, -0.2) is 49.5 Å². The van der Waals surface area contributed by atoms with Crippen LogP contribution < -0.4 is 9.46 Å². The van der Waals surface area contributed by atoms with Crippen molar-refractivity contribution in [3.63, 3.8) is 0 Å². The minimum atomic E-state index is -4.93. The van der Waals surface area contributed by atoms with Gasteiger partial charge in [0, 0.05) is 25.2 Å². The molecule has 4 aromatic rings. The van der Waals surface area contributed by atoms with Gasteiger partial charge in [0.05, 0.1) is 16.1 Å². The molecule has 0 aliphatic carbocycles. The van der Waals surface area contributed by atoms with Crippen LogP contribution in [0.3, 0.4) is 0 Å². The van der Waals surface area contributed by atoms with E-state index < -0.39 is 39.9 Å². The van der Waals surface area contributed by atoms with E-state index in [0.29, 0.717) is 0 Å². The van der Waals surface area contributed by atoms with E-state index in [1.807, 2.05) is 0 Å². The van der Waals surface area contributed by atoms with Gasteiger partial charge in [-0.1, -0.05) is 48.0 Å². The Balaban J connectivity index is 1.78. The maximum Gasteiger partial charge on any atom is 0.429 e. The summed E-state index contributed by atoms with van der Waals surface area (Å²) in [5.41, 5.74) is 0.240. The van der Waals surface area contributed by atoms with Crippen molar-refractivity contribution in [3.05, 3.63) is 88.9 Å². The monoisotopic (exact) mass is 564 g/mol. The standard InChI is InChI=1S/C25H20ClF3N4O4S/c1-33(2)24(34)16-13-11-15(12-14-16)21(25(27,28)29)37-23-22(30-18-8-4-5-9-19(18)31-23)32-38(35,36)20-10-6-3-7-17(20)26/h3-14,21H,1-2H3,(H,30,32). The van der Waals surface area contributed by atoms with Gasteiger partial charge in [-0.15, -0.1) is 0 Å². The SMILES string of the molecule is CN(C)C(=O)c1ccc(C(Oc2nc3ccccc3nc2NS(=O)(=O)c2ccccc2Cl)C(F)(F)F)cc1. The Hall–Kier alpha value is -3.90. The molecule has 1 N–H and O–H groups in total. The predicted octanol–water partition coefficient (Wildman–Crippen LogP) is 5.47. The first-order valence-electron chi connectivity index (χ1n) is 11.0. The van der Waals surface area contributed by atoms with Gasteiger partial charge in [-0.3, -0.25) is 9.52 Å². The molecule has 1 atom stereocenters. The van der Waals surface area contributed by atoms with Crippen molar-refractivity contribution < 1.29 is 31.1 Å². The highest BCUT2D eigenvalue weighted by atomic mass is 35.5. The quantitative estimate of drug-likeness (QED) is 0.319. The lowest BCUT2D eigenvalue weighted by Gasteiger charge is -2.23. The maximum atomic E-state index is 14.2. The van der Waals surface area contributed by atoms with Crippen molar-refractivity contribution >= 4 is 44.4 Å². The van der Waals surface area contributed by atoms with Crippen LogP contribution in [0.25, 0.3) is 11.0 Å². The van der Waals surface area contributed by atoms with Gasteiger partial charge >= 0.3 is 6.18 Å². The van der Waals surface area contributed by atoms with Crippen LogP contribution in [0.2, 0.25) is 5.02 Å². The fourth-order valence-electron chi connectivity index (χ4n) is 3.47. The minimum Gasteiger partial charge on any atom is -0.457 e. The average molecular weight is 565 g/mol. The van der Waals surface area contributed by atoms with E-state index in [0.717, 1.165) is 12.1 Å². The molecule has 1 unspecified atom stereocenters. The van der Waals surface area contributed by atoms with E-state index in [9.17, 15) is 26.4 Å². The lowest BCUT2D eigenvalue weighted by molar-refractivity contribution is -0.198. The Bertz CT molecular complexity index is 1600. The number of hydrogen-bond acceptors (Lipinski definition) is 6. The molecular weight excluding hydrogens is 545 g/mol. The number of ether oxygens (including phenoxy) is 1. The largest absolute Gasteiger partial charge is 0.457 e. The molecule has 0 saturated carbocycles. The summed E-state index contributed by atoms with van der Waals surface area (Å²) in [6, 6.07) is 16.5. The Morgan fingerprint density at radius 2 is 1.53 bits per heavy atom. The number of fused-ring (bicyclic) bond motifs is 1. The molecule has 1 aromatic heterocycles. The maximum absolute atomic E-state index is 14.2. The number of amides is 1. The van der Waals surface area contributed by atoms with Gasteiger partial charge in [-0.25, -0.2) is 18.4 Å². The Morgan fingerprint density at radius 3 is 2.11 bits per heavy atom. The summed E-state index contributed by atoms with van der Waals surface area (Å²) in [5.74, 6) is -1.65. The van der Waals surface area contributed by atoms with Crippen molar-refractivity contribution in [1.82, 2.24) is 14.9 Å². The van der Waals surface area contributed by atoms with Crippen LogP contribution in [0, 0.1) is 0 Å². The first-order chi connectivity index (χ1) is 17.9. The number of anilines is 1. The van der Waals surface area contributed by atoms with Crippen molar-refractivity contribution in [3.8, 4) is 5.88 Å². The number of alkyl halides is 3. The summed E-state index contributed by atoms with van der Waals surface area (Å²) in [5, 5.41) is -0.100. The van der Waals surface area contributed by atoms with E-state index in [1.54, 1.807) is 12.1 Å². The van der Waals surface area contributed by atoms with Gasteiger partial charge in [0.15, 0.2) is 0 Å². The van der Waals surface area contributed by atoms with Gasteiger partial charge < -0.3 is 9.64 Å². The summed E-state index contributed by atoms with van der Waals surface area (Å²) < 4.78 is 76.1. The molecule has 4 rings (SSSR count). The number of halogens is 4. The third-order valence-electron chi connectivity index (χ3n) is 5.29. The molecule has 13 heteroatoms.